The summed E-state index contributed by atoms with van der Waals surface area (Å²) in [7, 11) is 0. The summed E-state index contributed by atoms with van der Waals surface area (Å²) >= 11 is 1.90. The van der Waals surface area contributed by atoms with Crippen LogP contribution in [0, 0.1) is 0 Å². The quantitative estimate of drug-likeness (QED) is 0.760. The molecule has 98 valence electrons. The molecule has 1 saturated heterocycles. The molecule has 18 heavy (non-hydrogen) atoms. The fraction of sp³-hybridized carbons (Fsp3) is 0.462. The van der Waals surface area contributed by atoms with Crippen molar-refractivity contribution in [3.8, 4) is 0 Å². The van der Waals surface area contributed by atoms with E-state index in [9.17, 15) is 4.79 Å². The van der Waals surface area contributed by atoms with Gasteiger partial charge >= 0.3 is 0 Å². The molecule has 1 fully saturated rings. The van der Waals surface area contributed by atoms with E-state index in [1.54, 1.807) is 18.2 Å². The molecule has 0 spiro atoms. The third kappa shape index (κ3) is 2.72. The minimum Gasteiger partial charge on any atom is -0.399 e. The zero-order valence-electron chi connectivity index (χ0n) is 10.8. The maximum absolute atomic E-state index is 12.4. The van der Waals surface area contributed by atoms with E-state index in [1.165, 1.54) is 0 Å². The summed E-state index contributed by atoms with van der Waals surface area (Å²) in [5.74, 6) is 0.967. The van der Waals surface area contributed by atoms with Crippen LogP contribution < -0.4 is 11.5 Å². The van der Waals surface area contributed by atoms with Gasteiger partial charge in [-0.3, -0.25) is 4.79 Å². The number of amides is 1. The summed E-state index contributed by atoms with van der Waals surface area (Å²) in [5.41, 5.74) is 13.1. The molecule has 0 atom stereocenters. The van der Waals surface area contributed by atoms with Gasteiger partial charge in [-0.15, -0.1) is 0 Å². The summed E-state index contributed by atoms with van der Waals surface area (Å²) < 4.78 is 0.108. The van der Waals surface area contributed by atoms with Crippen molar-refractivity contribution in [3.63, 3.8) is 0 Å². The topological polar surface area (TPSA) is 72.3 Å². The van der Waals surface area contributed by atoms with Crippen molar-refractivity contribution in [1.29, 1.82) is 0 Å². The van der Waals surface area contributed by atoms with Crippen LogP contribution in [0.15, 0.2) is 18.2 Å². The van der Waals surface area contributed by atoms with Crippen LogP contribution in [0.2, 0.25) is 0 Å². The van der Waals surface area contributed by atoms with Gasteiger partial charge in [-0.05, 0) is 32.0 Å². The van der Waals surface area contributed by atoms with Crippen molar-refractivity contribution >= 4 is 29.0 Å². The number of carbonyl (C=O) groups is 1. The first kappa shape index (κ1) is 13.1. The summed E-state index contributed by atoms with van der Waals surface area (Å²) in [6.07, 6.45) is 0. The van der Waals surface area contributed by atoms with Crippen LogP contribution in [0.3, 0.4) is 0 Å². The highest BCUT2D eigenvalue weighted by Gasteiger charge is 2.30. The second kappa shape index (κ2) is 4.72. The predicted octanol–water partition coefficient (Wildman–Crippen LogP) is 1.82. The van der Waals surface area contributed by atoms with Crippen molar-refractivity contribution in [2.75, 3.05) is 30.3 Å². The minimum absolute atomic E-state index is 0.000810. The Morgan fingerprint density at radius 1 is 1.39 bits per heavy atom. The van der Waals surface area contributed by atoms with Gasteiger partial charge in [0, 0.05) is 35.0 Å². The van der Waals surface area contributed by atoms with Gasteiger partial charge in [0.15, 0.2) is 0 Å². The lowest BCUT2D eigenvalue weighted by Gasteiger charge is -2.37. The van der Waals surface area contributed by atoms with Crippen LogP contribution in [0.5, 0.6) is 0 Å². The van der Waals surface area contributed by atoms with Gasteiger partial charge in [0.2, 0.25) is 0 Å². The maximum Gasteiger partial charge on any atom is 0.256 e. The monoisotopic (exact) mass is 265 g/mol. The Balaban J connectivity index is 2.20. The Hall–Kier alpha value is -1.36. The van der Waals surface area contributed by atoms with E-state index < -0.39 is 0 Å². The molecule has 0 radical (unpaired) electrons. The average molecular weight is 265 g/mol. The van der Waals surface area contributed by atoms with E-state index in [2.05, 4.69) is 13.8 Å². The lowest BCUT2D eigenvalue weighted by molar-refractivity contribution is 0.0749. The molecule has 0 bridgehead atoms. The Labute approximate surface area is 112 Å². The molecule has 1 heterocycles. The molecule has 0 unspecified atom stereocenters. The molecule has 2 rings (SSSR count). The minimum atomic E-state index is 0.000810. The van der Waals surface area contributed by atoms with E-state index in [-0.39, 0.29) is 10.7 Å². The highest BCUT2D eigenvalue weighted by atomic mass is 32.2. The highest BCUT2D eigenvalue weighted by Crippen LogP contribution is 2.30. The molecule has 5 heteroatoms. The van der Waals surface area contributed by atoms with E-state index in [0.29, 0.717) is 16.9 Å². The van der Waals surface area contributed by atoms with Crippen molar-refractivity contribution in [3.05, 3.63) is 23.8 Å². The summed E-state index contributed by atoms with van der Waals surface area (Å²) in [6.45, 7) is 5.84. The average Bonchev–Trinajstić information content (AvgIpc) is 2.27. The molecule has 4 N–H and O–H groups in total. The molecule has 1 amide bonds. The molecule has 0 aliphatic carbocycles. The zero-order valence-corrected chi connectivity index (χ0v) is 11.6. The lowest BCUT2D eigenvalue weighted by Crippen LogP contribution is -2.46. The molecular formula is C13H19N3OS. The fourth-order valence-electron chi connectivity index (χ4n) is 2.14. The first-order valence-corrected chi connectivity index (χ1v) is 6.96. The van der Waals surface area contributed by atoms with Gasteiger partial charge in [0.1, 0.15) is 0 Å². The standard InChI is InChI=1S/C13H19N3OS/c1-13(2)8-16(5-6-18-13)12(17)10-4-3-9(14)7-11(10)15/h3-4,7H,5-6,8,14-15H2,1-2H3. The number of hydrogen-bond acceptors (Lipinski definition) is 4. The zero-order chi connectivity index (χ0) is 13.3. The molecule has 0 saturated carbocycles. The van der Waals surface area contributed by atoms with Gasteiger partial charge in [0.05, 0.1) is 5.56 Å². The molecule has 1 aromatic rings. The molecule has 1 aromatic carbocycles. The largest absolute Gasteiger partial charge is 0.399 e. The van der Waals surface area contributed by atoms with E-state index in [4.69, 9.17) is 11.5 Å². The number of thioether (sulfide) groups is 1. The van der Waals surface area contributed by atoms with Crippen LogP contribution in [-0.4, -0.2) is 34.4 Å². The Morgan fingerprint density at radius 2 is 2.11 bits per heavy atom. The maximum atomic E-state index is 12.4. The van der Waals surface area contributed by atoms with Crippen molar-refractivity contribution in [1.82, 2.24) is 4.90 Å². The first-order chi connectivity index (χ1) is 8.39. The van der Waals surface area contributed by atoms with Gasteiger partial charge in [-0.2, -0.15) is 11.8 Å². The van der Waals surface area contributed by atoms with Crippen LogP contribution in [0.25, 0.3) is 0 Å². The highest BCUT2D eigenvalue weighted by molar-refractivity contribution is 8.00. The number of hydrogen-bond donors (Lipinski definition) is 2. The number of rotatable bonds is 1. The van der Waals surface area contributed by atoms with Gasteiger partial charge < -0.3 is 16.4 Å². The SMILES string of the molecule is CC1(C)CN(C(=O)c2ccc(N)cc2N)CCS1. The molecule has 1 aliphatic heterocycles. The number of carbonyl (C=O) groups excluding carboxylic acids is 1. The smallest absolute Gasteiger partial charge is 0.256 e. The molecular weight excluding hydrogens is 246 g/mol. The van der Waals surface area contributed by atoms with Crippen LogP contribution in [-0.2, 0) is 0 Å². The predicted molar refractivity (Wildman–Crippen MR) is 77.7 cm³/mol. The van der Waals surface area contributed by atoms with Crippen LogP contribution in [0.1, 0.15) is 24.2 Å². The molecule has 4 nitrogen and oxygen atoms in total. The normalized spacial score (nSPS) is 18.7. The Morgan fingerprint density at radius 3 is 2.72 bits per heavy atom. The number of benzene rings is 1. The van der Waals surface area contributed by atoms with Crippen LogP contribution >= 0.6 is 11.8 Å². The van der Waals surface area contributed by atoms with Gasteiger partial charge in [-0.25, -0.2) is 0 Å². The summed E-state index contributed by atoms with van der Waals surface area (Å²) in [5, 5.41) is 0. The van der Waals surface area contributed by atoms with Crippen LogP contribution in [0.4, 0.5) is 11.4 Å². The molecule has 1 aliphatic rings. The Bertz CT molecular complexity index is 473. The van der Waals surface area contributed by atoms with E-state index in [0.717, 1.165) is 18.8 Å². The summed E-state index contributed by atoms with van der Waals surface area (Å²) in [4.78, 5) is 14.3. The van der Waals surface area contributed by atoms with Gasteiger partial charge in [-0.1, -0.05) is 0 Å². The van der Waals surface area contributed by atoms with E-state index >= 15 is 0 Å². The van der Waals surface area contributed by atoms with Crippen molar-refractivity contribution in [2.24, 2.45) is 0 Å². The number of nitrogen functional groups attached to an aromatic ring is 2. The Kier molecular flexibility index (Phi) is 3.43. The number of anilines is 2. The van der Waals surface area contributed by atoms with E-state index in [1.807, 2.05) is 16.7 Å². The van der Waals surface area contributed by atoms with Crippen molar-refractivity contribution < 1.29 is 4.79 Å². The number of nitrogens with two attached hydrogens (primary N) is 2. The number of nitrogens with zero attached hydrogens (tertiary/aromatic N) is 1. The van der Waals surface area contributed by atoms with Gasteiger partial charge in [0.25, 0.3) is 5.91 Å². The molecule has 0 aromatic heterocycles. The third-order valence-corrected chi connectivity index (χ3v) is 4.32. The van der Waals surface area contributed by atoms with Crippen molar-refractivity contribution in [2.45, 2.75) is 18.6 Å². The first-order valence-electron chi connectivity index (χ1n) is 5.97. The third-order valence-electron chi connectivity index (χ3n) is 3.02. The lowest BCUT2D eigenvalue weighted by atomic mass is 10.1. The fourth-order valence-corrected chi connectivity index (χ4v) is 3.25. The second-order valence-corrected chi connectivity index (χ2v) is 6.98. The second-order valence-electron chi connectivity index (χ2n) is 5.18. The summed E-state index contributed by atoms with van der Waals surface area (Å²) in [6, 6.07) is 5.06.